The molecule has 1 aliphatic carbocycles. The summed E-state index contributed by atoms with van der Waals surface area (Å²) in [5.74, 6) is 0.673. The van der Waals surface area contributed by atoms with Gasteiger partial charge in [0.2, 0.25) is 0 Å². The summed E-state index contributed by atoms with van der Waals surface area (Å²) in [5.41, 5.74) is 2.78. The Morgan fingerprint density at radius 1 is 1.22 bits per heavy atom. The van der Waals surface area contributed by atoms with Gasteiger partial charge < -0.3 is 4.90 Å². The Morgan fingerprint density at radius 3 is 2.48 bits per heavy atom. The first-order chi connectivity index (χ1) is 12.8. The molecule has 1 saturated carbocycles. The van der Waals surface area contributed by atoms with Crippen LogP contribution in [0.25, 0.3) is 0 Å². The molecule has 146 valence electrons. The zero-order valence-corrected chi connectivity index (χ0v) is 17.6. The van der Waals surface area contributed by atoms with Gasteiger partial charge in [0.25, 0.3) is 5.91 Å². The number of rotatable bonds is 4. The number of carbonyl (C=O) groups excluding carboxylic acids is 1. The number of nitrogens with zero attached hydrogens (tertiary/aromatic N) is 5. The van der Waals surface area contributed by atoms with Gasteiger partial charge in [-0.2, -0.15) is 5.10 Å². The molecule has 1 saturated heterocycles. The van der Waals surface area contributed by atoms with Gasteiger partial charge in [-0.15, -0.1) is 11.3 Å². The van der Waals surface area contributed by atoms with Crippen molar-refractivity contribution < 1.29 is 4.79 Å². The van der Waals surface area contributed by atoms with E-state index in [9.17, 15) is 4.79 Å². The van der Waals surface area contributed by atoms with Crippen LogP contribution in [0.15, 0.2) is 11.4 Å². The summed E-state index contributed by atoms with van der Waals surface area (Å²) in [5, 5.41) is 8.03. The van der Waals surface area contributed by atoms with E-state index >= 15 is 0 Å². The summed E-state index contributed by atoms with van der Waals surface area (Å²) in [7, 11) is 0. The summed E-state index contributed by atoms with van der Waals surface area (Å²) >= 11 is 1.70. The van der Waals surface area contributed by atoms with Gasteiger partial charge >= 0.3 is 0 Å². The first-order valence-corrected chi connectivity index (χ1v) is 10.7. The molecule has 0 radical (unpaired) electrons. The number of piperazine rings is 1. The van der Waals surface area contributed by atoms with Gasteiger partial charge in [0, 0.05) is 44.0 Å². The minimum Gasteiger partial charge on any atom is -0.335 e. The Morgan fingerprint density at radius 2 is 1.93 bits per heavy atom. The fraction of sp³-hybridized carbons (Fsp3) is 0.650. The summed E-state index contributed by atoms with van der Waals surface area (Å²) in [6.07, 6.45) is 2.40. The summed E-state index contributed by atoms with van der Waals surface area (Å²) in [4.78, 5) is 22.2. The lowest BCUT2D eigenvalue weighted by atomic mass is 10.1. The second-order valence-electron chi connectivity index (χ2n) is 8.74. The van der Waals surface area contributed by atoms with Gasteiger partial charge in [-0.1, -0.05) is 0 Å². The van der Waals surface area contributed by atoms with E-state index < -0.39 is 0 Å². The Labute approximate surface area is 165 Å². The predicted molar refractivity (Wildman–Crippen MR) is 107 cm³/mol. The fourth-order valence-corrected chi connectivity index (χ4v) is 4.23. The van der Waals surface area contributed by atoms with Crippen molar-refractivity contribution in [3.05, 3.63) is 33.5 Å². The number of aromatic nitrogens is 3. The van der Waals surface area contributed by atoms with Crippen molar-refractivity contribution in [3.8, 4) is 0 Å². The summed E-state index contributed by atoms with van der Waals surface area (Å²) in [6, 6.07) is 2.04. The van der Waals surface area contributed by atoms with E-state index in [4.69, 9.17) is 5.10 Å². The minimum atomic E-state index is -0.192. The molecule has 2 fully saturated rings. The SMILES string of the molecule is Cc1nc(CN2CCN(C(=O)c3cc(C4CC4)nn3C(C)(C)C)CC2)cs1. The monoisotopic (exact) mass is 387 g/mol. The lowest BCUT2D eigenvalue weighted by Gasteiger charge is -2.35. The molecule has 0 unspecified atom stereocenters. The Hall–Kier alpha value is -1.73. The van der Waals surface area contributed by atoms with Crippen LogP contribution in [0.2, 0.25) is 0 Å². The molecule has 0 N–H and O–H groups in total. The van der Waals surface area contributed by atoms with Crippen LogP contribution >= 0.6 is 11.3 Å². The lowest BCUT2D eigenvalue weighted by molar-refractivity contribution is 0.0608. The molecule has 1 aliphatic heterocycles. The van der Waals surface area contributed by atoms with Crippen molar-refractivity contribution in [1.29, 1.82) is 0 Å². The van der Waals surface area contributed by atoms with E-state index in [-0.39, 0.29) is 11.4 Å². The average molecular weight is 388 g/mol. The van der Waals surface area contributed by atoms with Gasteiger partial charge in [0.05, 0.1) is 21.9 Å². The largest absolute Gasteiger partial charge is 0.335 e. The van der Waals surface area contributed by atoms with Crippen LogP contribution < -0.4 is 0 Å². The average Bonchev–Trinajstić information content (AvgIpc) is 3.23. The first-order valence-electron chi connectivity index (χ1n) is 9.84. The molecule has 0 atom stereocenters. The van der Waals surface area contributed by atoms with Crippen molar-refractivity contribution >= 4 is 17.2 Å². The van der Waals surface area contributed by atoms with E-state index in [0.29, 0.717) is 5.92 Å². The second kappa shape index (κ2) is 7.02. The van der Waals surface area contributed by atoms with Crippen molar-refractivity contribution in [2.75, 3.05) is 26.2 Å². The molecular weight excluding hydrogens is 358 g/mol. The number of hydrogen-bond acceptors (Lipinski definition) is 5. The van der Waals surface area contributed by atoms with Crippen molar-refractivity contribution in [1.82, 2.24) is 24.6 Å². The summed E-state index contributed by atoms with van der Waals surface area (Å²) < 4.78 is 1.94. The lowest BCUT2D eigenvalue weighted by Crippen LogP contribution is -2.49. The number of aryl methyl sites for hydroxylation is 1. The molecule has 27 heavy (non-hydrogen) atoms. The van der Waals surface area contributed by atoms with Crippen LogP contribution in [0.5, 0.6) is 0 Å². The van der Waals surface area contributed by atoms with Crippen molar-refractivity contribution in [3.63, 3.8) is 0 Å². The van der Waals surface area contributed by atoms with Crippen LogP contribution in [-0.4, -0.2) is 56.7 Å². The highest BCUT2D eigenvalue weighted by molar-refractivity contribution is 7.09. The highest BCUT2D eigenvalue weighted by atomic mass is 32.1. The van der Waals surface area contributed by atoms with Gasteiger partial charge in [-0.3, -0.25) is 14.4 Å². The standard InChI is InChI=1S/C20H29N5OS/c1-14-21-16(13-27-14)12-23-7-9-24(10-8-23)19(26)18-11-17(15-5-6-15)22-25(18)20(2,3)4/h11,13,15H,5-10,12H2,1-4H3. The molecule has 2 aliphatic rings. The molecule has 0 spiro atoms. The van der Waals surface area contributed by atoms with Gasteiger partial charge in [0.1, 0.15) is 5.69 Å². The second-order valence-corrected chi connectivity index (χ2v) is 9.80. The highest BCUT2D eigenvalue weighted by Crippen LogP contribution is 2.40. The van der Waals surface area contributed by atoms with E-state index in [2.05, 4.69) is 36.0 Å². The van der Waals surface area contributed by atoms with Gasteiger partial charge in [-0.05, 0) is 46.6 Å². The van der Waals surface area contributed by atoms with E-state index in [1.165, 1.54) is 12.8 Å². The van der Waals surface area contributed by atoms with Crippen LogP contribution in [0.1, 0.15) is 66.4 Å². The Balaban J connectivity index is 1.43. The third-order valence-corrected chi connectivity index (χ3v) is 6.11. The number of thiazole rings is 1. The first kappa shape index (κ1) is 18.6. The third-order valence-electron chi connectivity index (χ3n) is 5.29. The number of hydrogen-bond donors (Lipinski definition) is 0. The minimum absolute atomic E-state index is 0.119. The van der Waals surface area contributed by atoms with Crippen LogP contribution in [0.3, 0.4) is 0 Å². The zero-order valence-electron chi connectivity index (χ0n) is 16.7. The molecule has 0 bridgehead atoms. The number of amides is 1. The van der Waals surface area contributed by atoms with Crippen LogP contribution in [-0.2, 0) is 12.1 Å². The molecule has 0 aromatic carbocycles. The normalized spacial score (nSPS) is 18.9. The molecule has 3 heterocycles. The van der Waals surface area contributed by atoms with Crippen molar-refractivity contribution in [2.45, 2.75) is 58.5 Å². The Kier molecular flexibility index (Phi) is 4.84. The molecule has 2 aromatic rings. The molecule has 4 rings (SSSR count). The van der Waals surface area contributed by atoms with Crippen LogP contribution in [0.4, 0.5) is 0 Å². The predicted octanol–water partition coefficient (Wildman–Crippen LogP) is 3.24. The Bertz CT molecular complexity index is 822. The van der Waals surface area contributed by atoms with Gasteiger partial charge in [-0.25, -0.2) is 4.98 Å². The molecule has 2 aromatic heterocycles. The van der Waals surface area contributed by atoms with Gasteiger partial charge in [0.15, 0.2) is 0 Å². The molecule has 1 amide bonds. The highest BCUT2D eigenvalue weighted by Gasteiger charge is 2.33. The third kappa shape index (κ3) is 4.09. The quantitative estimate of drug-likeness (QED) is 0.808. The van der Waals surface area contributed by atoms with E-state index in [0.717, 1.165) is 54.8 Å². The number of carbonyl (C=O) groups is 1. The maximum Gasteiger partial charge on any atom is 0.272 e. The smallest absolute Gasteiger partial charge is 0.272 e. The van der Waals surface area contributed by atoms with Crippen molar-refractivity contribution in [2.24, 2.45) is 0 Å². The fourth-order valence-electron chi connectivity index (χ4n) is 3.62. The van der Waals surface area contributed by atoms with E-state index in [1.54, 1.807) is 11.3 Å². The molecular formula is C20H29N5OS. The topological polar surface area (TPSA) is 54.3 Å². The summed E-state index contributed by atoms with van der Waals surface area (Å²) in [6.45, 7) is 12.6. The molecule has 6 nitrogen and oxygen atoms in total. The maximum atomic E-state index is 13.2. The molecule has 7 heteroatoms. The van der Waals surface area contributed by atoms with Crippen LogP contribution in [0, 0.1) is 6.92 Å². The van der Waals surface area contributed by atoms with E-state index in [1.807, 2.05) is 22.6 Å². The maximum absolute atomic E-state index is 13.2. The zero-order chi connectivity index (χ0) is 19.2.